The largest absolute Gasteiger partial charge is 0.506 e. The van der Waals surface area contributed by atoms with Crippen LogP contribution in [0.4, 0.5) is 0 Å². The molecule has 2 N–H and O–H groups in total. The van der Waals surface area contributed by atoms with E-state index in [0.29, 0.717) is 12.0 Å². The molecule has 1 saturated heterocycles. The SMILES string of the molecule is CC(C)=CC[C@@]12C[C@H]3CC(C(C)(C)OO)OO[C@]3(C)C[C@](CC=C(C)C)(C(=O)/C(=C(\O)c3ccccc3)C1=O)C2=O. The first-order valence-corrected chi connectivity index (χ1v) is 14.2. The molecule has 0 spiro atoms. The van der Waals surface area contributed by atoms with Crippen LogP contribution < -0.4 is 0 Å². The van der Waals surface area contributed by atoms with Gasteiger partial charge in [0.1, 0.15) is 28.6 Å². The Balaban J connectivity index is 2.02. The van der Waals surface area contributed by atoms with E-state index in [2.05, 4.69) is 0 Å². The van der Waals surface area contributed by atoms with Gasteiger partial charge in [0.05, 0.1) is 10.8 Å². The van der Waals surface area contributed by atoms with E-state index in [1.54, 1.807) is 44.2 Å². The van der Waals surface area contributed by atoms with Gasteiger partial charge in [-0.3, -0.25) is 19.6 Å². The molecular weight excluding hydrogens is 524 g/mol. The Hall–Kier alpha value is -2.91. The molecule has 5 atom stereocenters. The Bertz CT molecular complexity index is 1310. The number of allylic oxidation sites excluding steroid dienone is 5. The number of fused-ring (bicyclic) bond motifs is 3. The number of aliphatic hydroxyl groups excluding tert-OH is 1. The normalized spacial score (nSPS) is 33.0. The van der Waals surface area contributed by atoms with E-state index in [1.807, 2.05) is 46.8 Å². The fraction of sp³-hybridized carbons (Fsp3) is 0.545. The molecule has 1 aliphatic heterocycles. The molecule has 8 heteroatoms. The molecule has 2 bridgehead atoms. The summed E-state index contributed by atoms with van der Waals surface area (Å²) >= 11 is 0. The zero-order valence-corrected chi connectivity index (χ0v) is 25.1. The van der Waals surface area contributed by atoms with Gasteiger partial charge in [-0.1, -0.05) is 53.6 Å². The molecule has 0 radical (unpaired) electrons. The van der Waals surface area contributed by atoms with Crippen LogP contribution in [0.5, 0.6) is 0 Å². The van der Waals surface area contributed by atoms with Crippen molar-refractivity contribution in [3.8, 4) is 0 Å². The Morgan fingerprint density at radius 3 is 2.12 bits per heavy atom. The van der Waals surface area contributed by atoms with Gasteiger partial charge in [-0.25, -0.2) is 14.7 Å². The minimum Gasteiger partial charge on any atom is -0.506 e. The van der Waals surface area contributed by atoms with E-state index in [4.69, 9.17) is 14.7 Å². The second-order valence-electron chi connectivity index (χ2n) is 13.2. The van der Waals surface area contributed by atoms with Crippen LogP contribution in [0, 0.1) is 16.7 Å². The molecule has 3 aliphatic rings. The highest BCUT2D eigenvalue weighted by molar-refractivity contribution is 6.41. The summed E-state index contributed by atoms with van der Waals surface area (Å²) in [6.45, 7) is 12.7. The lowest BCUT2D eigenvalue weighted by molar-refractivity contribution is -0.460. The van der Waals surface area contributed by atoms with Crippen LogP contribution in [-0.2, 0) is 29.0 Å². The Labute approximate surface area is 241 Å². The van der Waals surface area contributed by atoms with E-state index in [-0.39, 0.29) is 31.3 Å². The molecule has 2 aliphatic carbocycles. The molecule has 3 fully saturated rings. The van der Waals surface area contributed by atoms with Crippen molar-refractivity contribution in [2.24, 2.45) is 16.7 Å². The predicted molar refractivity (Wildman–Crippen MR) is 153 cm³/mol. The lowest BCUT2D eigenvalue weighted by atomic mass is 9.54. The average molecular weight is 567 g/mol. The van der Waals surface area contributed by atoms with E-state index in [1.165, 1.54) is 0 Å². The first-order valence-electron chi connectivity index (χ1n) is 14.2. The average Bonchev–Trinajstić information content (AvgIpc) is 3.00. The zero-order chi connectivity index (χ0) is 30.4. The molecule has 1 aromatic carbocycles. The summed E-state index contributed by atoms with van der Waals surface area (Å²) in [6.07, 6.45) is 3.51. The number of ketones is 3. The smallest absolute Gasteiger partial charge is 0.184 e. The summed E-state index contributed by atoms with van der Waals surface area (Å²) in [6, 6.07) is 8.47. The highest BCUT2D eigenvalue weighted by Crippen LogP contribution is 2.60. The zero-order valence-electron chi connectivity index (χ0n) is 25.1. The first-order chi connectivity index (χ1) is 19.1. The van der Waals surface area contributed by atoms with Crippen molar-refractivity contribution < 1.29 is 39.4 Å². The van der Waals surface area contributed by atoms with Crippen molar-refractivity contribution >= 4 is 23.1 Å². The second-order valence-corrected chi connectivity index (χ2v) is 13.2. The molecule has 0 amide bonds. The van der Waals surface area contributed by atoms with Gasteiger partial charge >= 0.3 is 0 Å². The topological polar surface area (TPSA) is 119 Å². The number of carbonyl (C=O) groups excluding carboxylic acids is 3. The van der Waals surface area contributed by atoms with Crippen molar-refractivity contribution in [3.63, 3.8) is 0 Å². The van der Waals surface area contributed by atoms with Crippen molar-refractivity contribution in [1.29, 1.82) is 0 Å². The van der Waals surface area contributed by atoms with E-state index >= 15 is 0 Å². The summed E-state index contributed by atoms with van der Waals surface area (Å²) in [7, 11) is 0. The maximum Gasteiger partial charge on any atom is 0.184 e. The highest BCUT2D eigenvalue weighted by atomic mass is 17.2. The maximum absolute atomic E-state index is 14.9. The van der Waals surface area contributed by atoms with E-state index in [9.17, 15) is 24.7 Å². The van der Waals surface area contributed by atoms with Crippen molar-refractivity contribution in [1.82, 2.24) is 0 Å². The minimum absolute atomic E-state index is 0.0331. The Kier molecular flexibility index (Phi) is 8.37. The van der Waals surface area contributed by atoms with Gasteiger partial charge in [0.25, 0.3) is 0 Å². The maximum atomic E-state index is 14.9. The summed E-state index contributed by atoms with van der Waals surface area (Å²) in [4.78, 5) is 60.6. The quantitative estimate of drug-likeness (QED) is 0.0728. The van der Waals surface area contributed by atoms with Crippen molar-refractivity contribution in [2.75, 3.05) is 0 Å². The second kappa shape index (κ2) is 11.1. The molecule has 222 valence electrons. The molecule has 8 nitrogen and oxygen atoms in total. The molecular formula is C33H42O8. The molecule has 2 saturated carbocycles. The monoisotopic (exact) mass is 566 g/mol. The van der Waals surface area contributed by atoms with Crippen molar-refractivity contribution in [3.05, 3.63) is 64.8 Å². The first kappa shape index (κ1) is 31.0. The molecule has 4 rings (SSSR count). The fourth-order valence-corrected chi connectivity index (χ4v) is 6.56. The van der Waals surface area contributed by atoms with Gasteiger partial charge in [-0.2, -0.15) is 0 Å². The number of carbonyl (C=O) groups is 3. The number of rotatable bonds is 7. The highest BCUT2D eigenvalue weighted by Gasteiger charge is 2.70. The standard InChI is InChI=1S/C33H42O8/c1-20(2)13-15-32-18-23-17-24(30(5,6)40-38)39-41-31(23,7)19-33(29(32)37,16-14-21(3)4)28(36)25(27(32)35)26(34)22-11-9-8-10-12-22/h8-14,23-24,34,38H,15-19H2,1-7H3/b26-25-/t23-,24?,31-,32-,33-/m1/s1. The molecule has 1 heterocycles. The van der Waals surface area contributed by atoms with Crippen LogP contribution in [0.2, 0.25) is 0 Å². The van der Waals surface area contributed by atoms with E-state index in [0.717, 1.165) is 11.1 Å². The lowest BCUT2D eigenvalue weighted by Crippen LogP contribution is -2.58. The summed E-state index contributed by atoms with van der Waals surface area (Å²) in [5, 5.41) is 21.1. The predicted octanol–water partition coefficient (Wildman–Crippen LogP) is 6.52. The third-order valence-corrected chi connectivity index (χ3v) is 9.17. The summed E-state index contributed by atoms with van der Waals surface area (Å²) in [5.74, 6) is -2.62. The van der Waals surface area contributed by atoms with Gasteiger partial charge in [0, 0.05) is 5.56 Å². The number of hydrogen-bond donors (Lipinski definition) is 2. The third-order valence-electron chi connectivity index (χ3n) is 9.17. The molecule has 1 unspecified atom stereocenters. The van der Waals surface area contributed by atoms with Gasteiger partial charge in [0.15, 0.2) is 17.3 Å². The van der Waals surface area contributed by atoms with Crippen LogP contribution in [0.25, 0.3) is 5.76 Å². The van der Waals surface area contributed by atoms with E-state index < -0.39 is 57.2 Å². The Morgan fingerprint density at radius 1 is 1.00 bits per heavy atom. The number of hydrogen-bond acceptors (Lipinski definition) is 8. The Morgan fingerprint density at radius 2 is 1.56 bits per heavy atom. The van der Waals surface area contributed by atoms with Crippen molar-refractivity contribution in [2.45, 2.75) is 97.9 Å². The van der Waals surface area contributed by atoms with Gasteiger partial charge < -0.3 is 5.11 Å². The van der Waals surface area contributed by atoms with Gasteiger partial charge in [0.2, 0.25) is 0 Å². The number of benzene rings is 1. The van der Waals surface area contributed by atoms with Gasteiger partial charge in [-0.15, -0.1) is 0 Å². The summed E-state index contributed by atoms with van der Waals surface area (Å²) < 4.78 is 0. The van der Waals surface area contributed by atoms with Crippen LogP contribution in [0.3, 0.4) is 0 Å². The fourth-order valence-electron chi connectivity index (χ4n) is 6.56. The van der Waals surface area contributed by atoms with Crippen LogP contribution in [0.1, 0.15) is 86.1 Å². The lowest BCUT2D eigenvalue weighted by Gasteiger charge is -2.47. The molecule has 1 aromatic rings. The summed E-state index contributed by atoms with van der Waals surface area (Å²) in [5.41, 5.74) is -3.69. The van der Waals surface area contributed by atoms with Crippen LogP contribution in [0.15, 0.2) is 59.2 Å². The number of Topliss-reactive ketones (excluding diaryl/α,β-unsaturated/α-hetero) is 3. The molecule has 41 heavy (non-hydrogen) atoms. The van der Waals surface area contributed by atoms with Gasteiger partial charge in [-0.05, 0) is 86.5 Å². The number of aliphatic hydroxyl groups is 1. The van der Waals surface area contributed by atoms with Crippen LogP contribution >= 0.6 is 0 Å². The minimum atomic E-state index is -1.67. The van der Waals surface area contributed by atoms with Crippen LogP contribution in [-0.4, -0.2) is 45.0 Å². The molecule has 0 aromatic heterocycles. The third kappa shape index (κ3) is 5.27.